The minimum Gasteiger partial charge on any atom is -0.341 e. The Hall–Kier alpha value is -8.14. The molecule has 77 heavy (non-hydrogen) atoms. The number of fused-ring (bicyclic) bond motifs is 8. The zero-order valence-corrected chi connectivity index (χ0v) is 46.5. The average molecular weight is 1000 g/mol. The number of hydrogen-bond donors (Lipinski definition) is 0. The molecule has 0 unspecified atom stereocenters. The highest BCUT2D eigenvalue weighted by Crippen LogP contribution is 2.43. The Morgan fingerprint density at radius 3 is 1.34 bits per heavy atom. The molecule has 12 rings (SSSR count). The van der Waals surface area contributed by atoms with Crippen molar-refractivity contribution in [1.82, 2.24) is 13.7 Å². The van der Waals surface area contributed by atoms with Crippen molar-refractivity contribution in [3.8, 4) is 33.9 Å². The Kier molecular flexibility index (Phi) is 12.8. The number of hydrogen-bond acceptors (Lipinski definition) is 0. The Labute approximate surface area is 455 Å². The predicted octanol–water partition coefficient (Wildman–Crippen LogP) is 21.0. The van der Waals surface area contributed by atoms with Gasteiger partial charge in [0.25, 0.3) is 0 Å². The van der Waals surface area contributed by atoms with Gasteiger partial charge in [-0.25, -0.2) is 0 Å². The number of rotatable bonds is 12. The smallest absolute Gasteiger partial charge is 0.0547 e. The number of aromatic nitrogens is 3. The molecule has 0 fully saturated rings. The number of benzene rings is 9. The third-order valence-electron chi connectivity index (χ3n) is 16.2. The highest BCUT2D eigenvalue weighted by atomic mass is 15.0. The number of nitrogens with zero attached hydrogens (tertiary/aromatic N) is 3. The maximum absolute atomic E-state index is 2.55. The van der Waals surface area contributed by atoms with E-state index in [0.29, 0.717) is 0 Å². The largest absolute Gasteiger partial charge is 0.341 e. The summed E-state index contributed by atoms with van der Waals surface area (Å²) < 4.78 is 7.62. The topological polar surface area (TPSA) is 14.8 Å². The summed E-state index contributed by atoms with van der Waals surface area (Å²) in [6.07, 6.45) is 14.1. The quantitative estimate of drug-likeness (QED) is 0.0856. The zero-order chi connectivity index (χ0) is 53.2. The molecule has 3 heteroatoms. The van der Waals surface area contributed by atoms with Crippen LogP contribution in [0.15, 0.2) is 188 Å². The minimum absolute atomic E-state index is 0.00238. The van der Waals surface area contributed by atoms with Crippen LogP contribution in [0.2, 0.25) is 0 Å². The Bertz CT molecular complexity index is 4260. The third kappa shape index (κ3) is 9.20. The van der Waals surface area contributed by atoms with Gasteiger partial charge in [-0.05, 0) is 153 Å². The number of unbranched alkanes of at least 4 members (excludes halogenated alkanes) is 3. The molecule has 3 aromatic heterocycles. The predicted molar refractivity (Wildman–Crippen MR) is 335 cm³/mol. The van der Waals surface area contributed by atoms with Crippen LogP contribution in [-0.2, 0) is 17.4 Å². The van der Waals surface area contributed by atoms with E-state index in [2.05, 4.69) is 282 Å². The van der Waals surface area contributed by atoms with Gasteiger partial charge in [-0.2, -0.15) is 0 Å². The molecule has 3 nitrogen and oxygen atoms in total. The van der Waals surface area contributed by atoms with Crippen molar-refractivity contribution in [2.24, 2.45) is 0 Å². The first kappa shape index (κ1) is 49.7. The minimum atomic E-state index is -0.00789. The van der Waals surface area contributed by atoms with Crippen molar-refractivity contribution in [3.05, 3.63) is 221 Å². The summed E-state index contributed by atoms with van der Waals surface area (Å²) in [4.78, 5) is 0. The fourth-order valence-corrected chi connectivity index (χ4v) is 11.9. The number of aryl methyl sites for hydroxylation is 1. The fraction of sp³-hybridized carbons (Fsp3) is 0.216. The van der Waals surface area contributed by atoms with Gasteiger partial charge in [-0.3, -0.25) is 0 Å². The summed E-state index contributed by atoms with van der Waals surface area (Å²) >= 11 is 0. The molecule has 9 aromatic carbocycles. The lowest BCUT2D eigenvalue weighted by Gasteiger charge is -2.21. The first-order chi connectivity index (χ1) is 37.2. The molecule has 0 aliphatic heterocycles. The molecular weight excluding hydrogens is 931 g/mol. The molecule has 0 bridgehead atoms. The zero-order valence-electron chi connectivity index (χ0n) is 46.5. The Morgan fingerprint density at radius 1 is 0.416 bits per heavy atom. The fourth-order valence-electron chi connectivity index (χ4n) is 11.9. The summed E-state index contributed by atoms with van der Waals surface area (Å²) in [5, 5.41) is 10.0. The van der Waals surface area contributed by atoms with Crippen molar-refractivity contribution >= 4 is 83.4 Å². The van der Waals surface area contributed by atoms with Crippen molar-refractivity contribution in [2.45, 2.75) is 105 Å². The summed E-state index contributed by atoms with van der Waals surface area (Å²) in [6, 6.07) is 69.3. The molecule has 3 heterocycles. The highest BCUT2D eigenvalue weighted by molar-refractivity contribution is 6.16. The van der Waals surface area contributed by atoms with E-state index >= 15 is 0 Å². The van der Waals surface area contributed by atoms with Gasteiger partial charge in [-0.15, -0.1) is 0 Å². The van der Waals surface area contributed by atoms with E-state index in [-0.39, 0.29) is 10.8 Å². The molecule has 0 radical (unpaired) electrons. The van der Waals surface area contributed by atoms with E-state index < -0.39 is 0 Å². The van der Waals surface area contributed by atoms with Gasteiger partial charge in [0.1, 0.15) is 0 Å². The maximum Gasteiger partial charge on any atom is 0.0547 e. The molecule has 0 spiro atoms. The summed E-state index contributed by atoms with van der Waals surface area (Å²) in [6.45, 7) is 21.5. The maximum atomic E-state index is 2.55. The SMILES string of the molecule is C/C=C/c1cc(-n2c3ccc(C(C)(C)C)cc3c3cc4ccccc4cc32)c(/C=C/c2ccc(-c3ccc(-c4ccc(C)cc4)n3CCCCCC)cc2)cc1-n1c2ccc(C(C)(C)C)cc2c2cc3ccccc3cc21. The van der Waals surface area contributed by atoms with Gasteiger partial charge >= 0.3 is 0 Å². The molecule has 382 valence electrons. The van der Waals surface area contributed by atoms with Crippen LogP contribution in [0.5, 0.6) is 0 Å². The standard InChI is InChI=1S/C74H71N3/c1-10-12-13-18-40-75-65(51-29-24-49(3)25-30-51)38-39-66(75)52-31-26-50(27-32-52)28-33-58-46-69(76-67-36-34-59(73(4,5)6)47-63(67)61-41-53-20-14-16-22-55(53)43-71(61)76)57(19-11-2)45-70(58)77-68-37-35-60(74(7,8)9)48-64(68)62-42-54-21-15-17-23-56(54)44-72(62)77/h11,14-17,19-39,41-48H,10,12-13,18,40H2,1-9H3/b19-11+,33-28+. The molecule has 0 aliphatic carbocycles. The van der Waals surface area contributed by atoms with E-state index in [9.17, 15) is 0 Å². The first-order valence-corrected chi connectivity index (χ1v) is 28.1. The average Bonchev–Trinajstić information content (AvgIpc) is 4.12. The van der Waals surface area contributed by atoms with Crippen LogP contribution in [0, 0.1) is 6.92 Å². The van der Waals surface area contributed by atoms with Gasteiger partial charge in [0.05, 0.1) is 33.4 Å². The molecule has 0 N–H and O–H groups in total. The molecule has 0 saturated carbocycles. The monoisotopic (exact) mass is 1000 g/mol. The highest BCUT2D eigenvalue weighted by Gasteiger charge is 2.24. The summed E-state index contributed by atoms with van der Waals surface area (Å²) in [5.74, 6) is 0. The second-order valence-electron chi connectivity index (χ2n) is 23.7. The Balaban J connectivity index is 1.08. The Morgan fingerprint density at radius 2 is 0.870 bits per heavy atom. The molecule has 0 atom stereocenters. The molecule has 0 amide bonds. The van der Waals surface area contributed by atoms with Crippen LogP contribution in [0.1, 0.15) is 114 Å². The molecule has 0 saturated heterocycles. The van der Waals surface area contributed by atoms with Crippen molar-refractivity contribution in [1.29, 1.82) is 0 Å². The normalized spacial score (nSPS) is 12.6. The third-order valence-corrected chi connectivity index (χ3v) is 16.2. The summed E-state index contributed by atoms with van der Waals surface area (Å²) in [5.41, 5.74) is 19.5. The van der Waals surface area contributed by atoms with Gasteiger partial charge in [-0.1, -0.05) is 207 Å². The van der Waals surface area contributed by atoms with Crippen molar-refractivity contribution in [2.75, 3.05) is 0 Å². The van der Waals surface area contributed by atoms with Crippen LogP contribution in [0.4, 0.5) is 0 Å². The first-order valence-electron chi connectivity index (χ1n) is 28.1. The second kappa shape index (κ2) is 19.8. The van der Waals surface area contributed by atoms with E-state index in [1.54, 1.807) is 0 Å². The van der Waals surface area contributed by atoms with Gasteiger partial charge in [0.15, 0.2) is 0 Å². The molecular formula is C74H71N3. The van der Waals surface area contributed by atoms with Crippen LogP contribution < -0.4 is 0 Å². The van der Waals surface area contributed by atoms with Crippen LogP contribution in [-0.4, -0.2) is 13.7 Å². The van der Waals surface area contributed by atoms with E-state index in [0.717, 1.165) is 41.0 Å². The lowest BCUT2D eigenvalue weighted by atomic mass is 9.86. The van der Waals surface area contributed by atoms with Gasteiger partial charge in [0.2, 0.25) is 0 Å². The van der Waals surface area contributed by atoms with E-state index in [1.807, 2.05) is 0 Å². The molecule has 12 aromatic rings. The lowest BCUT2D eigenvalue weighted by Crippen LogP contribution is -2.10. The number of allylic oxidation sites excluding steroid dienone is 1. The molecule has 0 aliphatic rings. The van der Waals surface area contributed by atoms with Crippen LogP contribution in [0.25, 0.3) is 117 Å². The second-order valence-corrected chi connectivity index (χ2v) is 23.7. The van der Waals surface area contributed by atoms with Crippen LogP contribution >= 0.6 is 0 Å². The van der Waals surface area contributed by atoms with Gasteiger partial charge in [0, 0.05) is 50.6 Å². The van der Waals surface area contributed by atoms with Crippen molar-refractivity contribution < 1.29 is 0 Å². The van der Waals surface area contributed by atoms with Crippen LogP contribution in [0.3, 0.4) is 0 Å². The summed E-state index contributed by atoms with van der Waals surface area (Å²) in [7, 11) is 0. The van der Waals surface area contributed by atoms with Crippen molar-refractivity contribution in [3.63, 3.8) is 0 Å². The van der Waals surface area contributed by atoms with E-state index in [4.69, 9.17) is 0 Å². The van der Waals surface area contributed by atoms with Gasteiger partial charge < -0.3 is 13.7 Å². The van der Waals surface area contributed by atoms with E-state index in [1.165, 1.54) is 124 Å². The lowest BCUT2D eigenvalue weighted by molar-refractivity contribution is 0.590.